The van der Waals surface area contributed by atoms with E-state index in [0.717, 1.165) is 38.5 Å². The zero-order valence-electron chi connectivity index (χ0n) is 14.2. The summed E-state index contributed by atoms with van der Waals surface area (Å²) < 4.78 is 5.44. The Morgan fingerprint density at radius 2 is 1.70 bits per heavy atom. The van der Waals surface area contributed by atoms with Crippen molar-refractivity contribution in [2.45, 2.75) is 84.9 Å². The highest BCUT2D eigenvalue weighted by Crippen LogP contribution is 2.27. The summed E-state index contributed by atoms with van der Waals surface area (Å²) in [6.45, 7) is 12.9. The van der Waals surface area contributed by atoms with Gasteiger partial charge in [0.25, 0.3) is 0 Å². The molecular formula is C17H33ClO2. The van der Waals surface area contributed by atoms with E-state index in [1.807, 2.05) is 20.8 Å². The van der Waals surface area contributed by atoms with Crippen molar-refractivity contribution in [3.8, 4) is 0 Å². The van der Waals surface area contributed by atoms with Crippen molar-refractivity contribution < 1.29 is 9.53 Å². The predicted molar refractivity (Wildman–Crippen MR) is 87.2 cm³/mol. The van der Waals surface area contributed by atoms with Crippen LogP contribution in [0.25, 0.3) is 0 Å². The molecule has 0 aliphatic carbocycles. The van der Waals surface area contributed by atoms with Gasteiger partial charge in [0.2, 0.25) is 0 Å². The Morgan fingerprint density at radius 3 is 2.15 bits per heavy atom. The van der Waals surface area contributed by atoms with E-state index in [0.29, 0.717) is 12.5 Å². The first-order chi connectivity index (χ1) is 9.14. The first-order valence-corrected chi connectivity index (χ1v) is 8.38. The lowest BCUT2D eigenvalue weighted by atomic mass is 9.85. The van der Waals surface area contributed by atoms with Crippen LogP contribution >= 0.6 is 11.6 Å². The highest BCUT2D eigenvalue weighted by atomic mass is 35.5. The number of alkyl halides is 1. The van der Waals surface area contributed by atoms with Gasteiger partial charge in [-0.2, -0.15) is 0 Å². The maximum absolute atomic E-state index is 12.0. The molecule has 0 rings (SSSR count). The van der Waals surface area contributed by atoms with E-state index in [1.165, 1.54) is 0 Å². The quantitative estimate of drug-likeness (QED) is 0.389. The van der Waals surface area contributed by atoms with Gasteiger partial charge in [-0.1, -0.05) is 33.6 Å². The van der Waals surface area contributed by atoms with Gasteiger partial charge in [-0.15, -0.1) is 11.6 Å². The minimum Gasteiger partial charge on any atom is -0.465 e. The van der Waals surface area contributed by atoms with Gasteiger partial charge in [0.1, 0.15) is 0 Å². The Morgan fingerprint density at radius 1 is 1.15 bits per heavy atom. The summed E-state index contributed by atoms with van der Waals surface area (Å²) >= 11 is 6.18. The molecule has 0 heterocycles. The Hall–Kier alpha value is -0.240. The number of carbonyl (C=O) groups is 1. The van der Waals surface area contributed by atoms with E-state index < -0.39 is 0 Å². The first-order valence-electron chi connectivity index (χ1n) is 8.00. The SMILES string of the molecule is CCC(C)(CC)C(=O)OCCC(C)CCCC(C)(C)Cl. The fourth-order valence-electron chi connectivity index (χ4n) is 2.08. The van der Waals surface area contributed by atoms with Crippen molar-refractivity contribution in [2.75, 3.05) is 6.61 Å². The number of carbonyl (C=O) groups excluding carboxylic acids is 1. The zero-order valence-corrected chi connectivity index (χ0v) is 15.0. The summed E-state index contributed by atoms with van der Waals surface area (Å²) in [4.78, 5) is 11.9. The van der Waals surface area contributed by atoms with Crippen LogP contribution in [0.4, 0.5) is 0 Å². The molecule has 0 aliphatic heterocycles. The molecule has 0 N–H and O–H groups in total. The molecule has 0 amide bonds. The van der Waals surface area contributed by atoms with E-state index in [9.17, 15) is 4.79 Å². The topological polar surface area (TPSA) is 26.3 Å². The number of hydrogen-bond acceptors (Lipinski definition) is 2. The second kappa shape index (κ2) is 8.92. The van der Waals surface area contributed by atoms with Crippen LogP contribution < -0.4 is 0 Å². The van der Waals surface area contributed by atoms with Crippen LogP contribution in [0.3, 0.4) is 0 Å². The third-order valence-corrected chi connectivity index (χ3v) is 4.55. The van der Waals surface area contributed by atoms with E-state index in [2.05, 4.69) is 20.8 Å². The van der Waals surface area contributed by atoms with Crippen LogP contribution in [0.5, 0.6) is 0 Å². The lowest BCUT2D eigenvalue weighted by molar-refractivity contribution is -0.155. The Bertz CT molecular complexity index is 277. The maximum Gasteiger partial charge on any atom is 0.311 e. The maximum atomic E-state index is 12.0. The van der Waals surface area contributed by atoms with Crippen LogP contribution in [0.1, 0.15) is 80.1 Å². The Labute approximate surface area is 130 Å². The van der Waals surface area contributed by atoms with E-state index in [1.54, 1.807) is 0 Å². The van der Waals surface area contributed by atoms with Crippen molar-refractivity contribution in [3.63, 3.8) is 0 Å². The number of ether oxygens (including phenoxy) is 1. The highest BCUT2D eigenvalue weighted by Gasteiger charge is 2.30. The molecule has 1 atom stereocenters. The van der Waals surface area contributed by atoms with Crippen LogP contribution in [0, 0.1) is 11.3 Å². The van der Waals surface area contributed by atoms with Crippen molar-refractivity contribution in [1.29, 1.82) is 0 Å². The molecular weight excluding hydrogens is 272 g/mol. The molecule has 120 valence electrons. The largest absolute Gasteiger partial charge is 0.465 e. The van der Waals surface area contributed by atoms with Crippen LogP contribution in [-0.4, -0.2) is 17.5 Å². The molecule has 0 aromatic carbocycles. The van der Waals surface area contributed by atoms with Gasteiger partial charge in [-0.05, 0) is 52.4 Å². The molecule has 0 aliphatic rings. The predicted octanol–water partition coefficient (Wildman–Crippen LogP) is 5.57. The molecule has 0 spiro atoms. The van der Waals surface area contributed by atoms with E-state index in [4.69, 9.17) is 16.3 Å². The van der Waals surface area contributed by atoms with Gasteiger partial charge < -0.3 is 4.74 Å². The van der Waals surface area contributed by atoms with Gasteiger partial charge in [0.05, 0.1) is 12.0 Å². The summed E-state index contributed by atoms with van der Waals surface area (Å²) in [5.74, 6) is 0.535. The number of rotatable bonds is 10. The van der Waals surface area contributed by atoms with Crippen molar-refractivity contribution in [2.24, 2.45) is 11.3 Å². The normalized spacial score (nSPS) is 14.2. The third-order valence-electron chi connectivity index (χ3n) is 4.37. The Balaban J connectivity index is 3.86. The van der Waals surface area contributed by atoms with Crippen molar-refractivity contribution in [3.05, 3.63) is 0 Å². The smallest absolute Gasteiger partial charge is 0.311 e. The molecule has 0 radical (unpaired) electrons. The van der Waals surface area contributed by atoms with E-state index in [-0.39, 0.29) is 16.3 Å². The summed E-state index contributed by atoms with van der Waals surface area (Å²) in [6.07, 6.45) is 5.92. The fraction of sp³-hybridized carbons (Fsp3) is 0.941. The lowest BCUT2D eigenvalue weighted by Gasteiger charge is -2.24. The summed E-state index contributed by atoms with van der Waals surface area (Å²) in [5, 5.41) is 0. The van der Waals surface area contributed by atoms with E-state index >= 15 is 0 Å². The second-order valence-electron chi connectivity index (χ2n) is 6.91. The molecule has 0 aromatic rings. The average Bonchev–Trinajstić information content (AvgIpc) is 2.36. The molecule has 2 nitrogen and oxygen atoms in total. The highest BCUT2D eigenvalue weighted by molar-refractivity contribution is 6.23. The molecule has 0 fully saturated rings. The molecule has 1 unspecified atom stereocenters. The molecule has 20 heavy (non-hydrogen) atoms. The first kappa shape index (κ1) is 19.8. The monoisotopic (exact) mass is 304 g/mol. The standard InChI is InChI=1S/C17H33ClO2/c1-7-17(6,8-2)15(19)20-13-11-14(3)10-9-12-16(4,5)18/h14H,7-13H2,1-6H3. The van der Waals surface area contributed by atoms with Crippen LogP contribution in [0.15, 0.2) is 0 Å². The molecule has 0 aromatic heterocycles. The third kappa shape index (κ3) is 8.14. The minimum absolute atomic E-state index is 0.0448. The summed E-state index contributed by atoms with van der Waals surface area (Å²) in [5.41, 5.74) is -0.314. The van der Waals surface area contributed by atoms with Crippen LogP contribution in [-0.2, 0) is 9.53 Å². The zero-order chi connectivity index (χ0) is 15.8. The fourth-order valence-corrected chi connectivity index (χ4v) is 2.21. The van der Waals surface area contributed by atoms with Gasteiger partial charge in [-0.3, -0.25) is 4.79 Å². The minimum atomic E-state index is -0.314. The van der Waals surface area contributed by atoms with Crippen molar-refractivity contribution in [1.82, 2.24) is 0 Å². The molecule has 0 saturated carbocycles. The number of halogens is 1. The van der Waals surface area contributed by atoms with Gasteiger partial charge in [0, 0.05) is 4.87 Å². The number of hydrogen-bond donors (Lipinski definition) is 0. The second-order valence-corrected chi connectivity index (χ2v) is 7.93. The lowest BCUT2D eigenvalue weighted by Crippen LogP contribution is -2.29. The Kier molecular flexibility index (Phi) is 8.81. The summed E-state index contributed by atoms with van der Waals surface area (Å²) in [7, 11) is 0. The van der Waals surface area contributed by atoms with Gasteiger partial charge in [0.15, 0.2) is 0 Å². The van der Waals surface area contributed by atoms with Gasteiger partial charge in [-0.25, -0.2) is 0 Å². The molecule has 0 bridgehead atoms. The molecule has 3 heteroatoms. The summed E-state index contributed by atoms with van der Waals surface area (Å²) in [6, 6.07) is 0. The number of esters is 1. The molecule has 0 saturated heterocycles. The van der Waals surface area contributed by atoms with Crippen LogP contribution in [0.2, 0.25) is 0 Å². The average molecular weight is 305 g/mol. The van der Waals surface area contributed by atoms with Crippen molar-refractivity contribution >= 4 is 17.6 Å². The van der Waals surface area contributed by atoms with Gasteiger partial charge >= 0.3 is 5.97 Å².